The van der Waals surface area contributed by atoms with Gasteiger partial charge < -0.3 is 15.0 Å². The minimum absolute atomic E-state index is 0.237. The summed E-state index contributed by atoms with van der Waals surface area (Å²) in [5, 5.41) is 25.1. The van der Waals surface area contributed by atoms with Gasteiger partial charge in [-0.3, -0.25) is 25.0 Å². The summed E-state index contributed by atoms with van der Waals surface area (Å²) in [5.41, 5.74) is -0.577. The number of aromatic amines is 1. The molecule has 1 amide bonds. The van der Waals surface area contributed by atoms with Crippen molar-refractivity contribution in [2.75, 3.05) is 11.9 Å². The Morgan fingerprint density at radius 2 is 2.07 bits per heavy atom. The van der Waals surface area contributed by atoms with Crippen LogP contribution in [-0.4, -0.2) is 38.4 Å². The summed E-state index contributed by atoms with van der Waals surface area (Å²) in [7, 11) is 0. The van der Waals surface area contributed by atoms with Gasteiger partial charge in [0.1, 0.15) is 5.75 Å². The van der Waals surface area contributed by atoms with Gasteiger partial charge in [-0.05, 0) is 31.2 Å². The molecule has 1 aromatic carbocycles. The van der Waals surface area contributed by atoms with Crippen LogP contribution in [0.15, 0.2) is 30.3 Å². The van der Waals surface area contributed by atoms with Crippen LogP contribution in [0.2, 0.25) is 0 Å². The Bertz CT molecular complexity index is 1100. The van der Waals surface area contributed by atoms with Gasteiger partial charge in [-0.1, -0.05) is 12.1 Å². The minimum atomic E-state index is -1.08. The SMILES string of the molecule is CCOc1ccccc1NC(=O)/C(=c1\nc2c([nH]1)=CC([N+](=O)[O-])C=C2)[N+](=O)[O-]. The summed E-state index contributed by atoms with van der Waals surface area (Å²) < 4.78 is 5.39. The molecule has 0 fully saturated rings. The van der Waals surface area contributed by atoms with Crippen molar-refractivity contribution in [1.82, 2.24) is 9.97 Å². The van der Waals surface area contributed by atoms with Gasteiger partial charge in [0.2, 0.25) is 5.48 Å². The second-order valence-electron chi connectivity index (χ2n) is 5.68. The molecule has 0 bridgehead atoms. The molecular formula is C17H15N5O6. The number of hydrogen-bond acceptors (Lipinski definition) is 7. The molecule has 11 nitrogen and oxygen atoms in total. The highest BCUT2D eigenvalue weighted by Crippen LogP contribution is 2.24. The lowest BCUT2D eigenvalue weighted by Crippen LogP contribution is -2.29. The third-order valence-electron chi connectivity index (χ3n) is 3.85. The number of para-hydroxylation sites is 2. The van der Waals surface area contributed by atoms with E-state index in [0.717, 1.165) is 0 Å². The maximum Gasteiger partial charge on any atom is 0.375 e. The van der Waals surface area contributed by atoms with E-state index in [-0.39, 0.29) is 22.2 Å². The first-order chi connectivity index (χ1) is 13.4. The lowest BCUT2D eigenvalue weighted by atomic mass is 10.1. The van der Waals surface area contributed by atoms with Crippen LogP contribution in [0.25, 0.3) is 17.8 Å². The van der Waals surface area contributed by atoms with E-state index in [1.54, 1.807) is 31.2 Å². The molecule has 3 rings (SSSR count). The van der Waals surface area contributed by atoms with Gasteiger partial charge in [0.15, 0.2) is 0 Å². The van der Waals surface area contributed by atoms with Crippen LogP contribution >= 0.6 is 0 Å². The average Bonchev–Trinajstić information content (AvgIpc) is 3.05. The van der Waals surface area contributed by atoms with Crippen LogP contribution in [0.1, 0.15) is 12.6 Å². The van der Waals surface area contributed by atoms with Crippen molar-refractivity contribution < 1.29 is 19.4 Å². The average molecular weight is 385 g/mol. The highest BCUT2D eigenvalue weighted by Gasteiger charge is 2.27. The third-order valence-corrected chi connectivity index (χ3v) is 3.85. The lowest BCUT2D eigenvalue weighted by molar-refractivity contribution is -0.491. The van der Waals surface area contributed by atoms with E-state index >= 15 is 0 Å². The molecule has 2 aromatic rings. The summed E-state index contributed by atoms with van der Waals surface area (Å²) in [6.07, 6.45) is 3.95. The van der Waals surface area contributed by atoms with E-state index in [9.17, 15) is 25.0 Å². The largest absolute Gasteiger partial charge is 0.492 e. The molecule has 0 radical (unpaired) electrons. The number of benzene rings is 1. The molecule has 1 aliphatic carbocycles. The summed E-state index contributed by atoms with van der Waals surface area (Å²) in [6.45, 7) is 2.12. The van der Waals surface area contributed by atoms with Gasteiger partial charge in [-0.15, -0.1) is 0 Å². The number of fused-ring (bicyclic) bond motifs is 1. The molecule has 0 saturated heterocycles. The van der Waals surface area contributed by atoms with Crippen molar-refractivity contribution >= 4 is 29.4 Å². The maximum atomic E-state index is 12.6. The Hall–Kier alpha value is -4.02. The molecule has 1 aliphatic rings. The molecule has 11 heteroatoms. The van der Waals surface area contributed by atoms with Gasteiger partial charge in [0, 0.05) is 11.0 Å². The van der Waals surface area contributed by atoms with Crippen molar-refractivity contribution in [2.24, 2.45) is 0 Å². The quantitative estimate of drug-likeness (QED) is 0.535. The third kappa shape index (κ3) is 3.72. The molecule has 1 heterocycles. The number of aromatic nitrogens is 2. The number of nitrogens with one attached hydrogen (secondary N) is 2. The van der Waals surface area contributed by atoms with Crippen molar-refractivity contribution in [3.8, 4) is 5.75 Å². The van der Waals surface area contributed by atoms with E-state index in [4.69, 9.17) is 4.74 Å². The minimum Gasteiger partial charge on any atom is -0.492 e. The van der Waals surface area contributed by atoms with E-state index < -0.39 is 27.5 Å². The van der Waals surface area contributed by atoms with Gasteiger partial charge in [-0.2, -0.15) is 0 Å². The molecular weight excluding hydrogens is 370 g/mol. The Labute approximate surface area is 157 Å². The predicted octanol–water partition coefficient (Wildman–Crippen LogP) is 0.285. The second kappa shape index (κ2) is 7.70. The molecule has 0 spiro atoms. The van der Waals surface area contributed by atoms with Crippen molar-refractivity contribution in [3.63, 3.8) is 0 Å². The maximum absolute atomic E-state index is 12.6. The number of nitro groups is 2. The number of hydrogen-bond donors (Lipinski definition) is 2. The fourth-order valence-electron chi connectivity index (χ4n) is 2.62. The van der Waals surface area contributed by atoms with Gasteiger partial charge in [-0.25, -0.2) is 4.98 Å². The molecule has 0 aliphatic heterocycles. The van der Waals surface area contributed by atoms with Gasteiger partial charge in [0.25, 0.3) is 6.04 Å². The molecule has 1 aromatic heterocycles. The summed E-state index contributed by atoms with van der Waals surface area (Å²) >= 11 is 0. The number of amides is 1. The van der Waals surface area contributed by atoms with Crippen LogP contribution in [0, 0.1) is 20.2 Å². The number of H-pyrrole nitrogens is 1. The molecule has 1 unspecified atom stereocenters. The highest BCUT2D eigenvalue weighted by atomic mass is 16.6. The Morgan fingerprint density at radius 1 is 1.32 bits per heavy atom. The number of anilines is 1. The van der Waals surface area contributed by atoms with Crippen molar-refractivity contribution in [3.05, 3.63) is 67.1 Å². The summed E-state index contributed by atoms with van der Waals surface area (Å²) in [4.78, 5) is 40.2. The lowest BCUT2D eigenvalue weighted by Gasteiger charge is -2.09. The number of nitrogens with zero attached hydrogens (tertiary/aromatic N) is 3. The molecule has 28 heavy (non-hydrogen) atoms. The number of rotatable bonds is 6. The van der Waals surface area contributed by atoms with Crippen LogP contribution in [0.4, 0.5) is 5.69 Å². The zero-order chi connectivity index (χ0) is 20.3. The van der Waals surface area contributed by atoms with Crippen LogP contribution in [0.5, 0.6) is 5.75 Å². The topological polar surface area (TPSA) is 153 Å². The van der Waals surface area contributed by atoms with E-state index in [2.05, 4.69) is 15.3 Å². The molecule has 1 atom stereocenters. The first kappa shape index (κ1) is 18.8. The van der Waals surface area contributed by atoms with Crippen LogP contribution < -0.4 is 20.9 Å². The van der Waals surface area contributed by atoms with Crippen LogP contribution in [0.3, 0.4) is 0 Å². The van der Waals surface area contributed by atoms with Crippen molar-refractivity contribution in [2.45, 2.75) is 13.0 Å². The zero-order valence-electron chi connectivity index (χ0n) is 14.6. The van der Waals surface area contributed by atoms with Gasteiger partial charge >= 0.3 is 11.6 Å². The Morgan fingerprint density at radius 3 is 2.75 bits per heavy atom. The van der Waals surface area contributed by atoms with E-state index in [1.165, 1.54) is 18.2 Å². The summed E-state index contributed by atoms with van der Waals surface area (Å²) in [6, 6.07) is 5.44. The first-order valence-corrected chi connectivity index (χ1v) is 8.22. The molecule has 0 saturated carbocycles. The zero-order valence-corrected chi connectivity index (χ0v) is 14.6. The number of carbonyl (C=O) groups excluding carboxylic acids is 1. The Balaban J connectivity index is 2.03. The molecule has 144 valence electrons. The van der Waals surface area contributed by atoms with E-state index in [0.29, 0.717) is 12.4 Å². The predicted molar refractivity (Wildman–Crippen MR) is 98.8 cm³/mol. The molecule has 2 N–H and O–H groups in total. The van der Waals surface area contributed by atoms with Crippen molar-refractivity contribution in [1.29, 1.82) is 0 Å². The van der Waals surface area contributed by atoms with Crippen LogP contribution in [-0.2, 0) is 4.79 Å². The Kier molecular flexibility index (Phi) is 5.16. The fourth-order valence-corrected chi connectivity index (χ4v) is 2.62. The smallest absolute Gasteiger partial charge is 0.375 e. The number of ether oxygens (including phenoxy) is 1. The van der Waals surface area contributed by atoms with Gasteiger partial charge in [0.05, 0.1) is 28.3 Å². The number of imidazole rings is 1. The summed E-state index contributed by atoms with van der Waals surface area (Å²) in [5.74, 6) is -0.636. The number of carbonyl (C=O) groups is 1. The normalized spacial score (nSPS) is 15.8. The highest BCUT2D eigenvalue weighted by molar-refractivity contribution is 6.17. The first-order valence-electron chi connectivity index (χ1n) is 8.22. The standard InChI is InChI=1S/C17H15N5O6/c1-2-28-14-6-4-3-5-12(14)20-17(23)15(22(26)27)16-18-11-8-7-10(21(24)25)9-13(11)19-16/h3-10,19H,2H2,1H3,(H,20,23)/b16-15-. The fraction of sp³-hybridized carbons (Fsp3) is 0.176. The monoisotopic (exact) mass is 385 g/mol. The second-order valence-corrected chi connectivity index (χ2v) is 5.68. The van der Waals surface area contributed by atoms with E-state index in [1.807, 2.05) is 0 Å².